The minimum atomic E-state index is 0.0730. The van der Waals surface area contributed by atoms with Gasteiger partial charge >= 0.3 is 0 Å². The van der Waals surface area contributed by atoms with Gasteiger partial charge < -0.3 is 14.8 Å². The molecule has 0 radical (unpaired) electrons. The molecule has 26 heavy (non-hydrogen) atoms. The van der Waals surface area contributed by atoms with Crippen LogP contribution in [0.1, 0.15) is 54.2 Å². The first kappa shape index (κ1) is 19.0. The SMILES string of the molecule is CCn1c(C)c(C)c2cc(C(=O)NC3CCCCC3CN(C)C)ccc21. The summed E-state index contributed by atoms with van der Waals surface area (Å²) in [7, 11) is 4.23. The second kappa shape index (κ2) is 7.83. The number of fused-ring (bicyclic) bond motifs is 1. The molecular weight excluding hydrogens is 322 g/mol. The Morgan fingerprint density at radius 3 is 2.65 bits per heavy atom. The zero-order valence-electron chi connectivity index (χ0n) is 16.9. The van der Waals surface area contributed by atoms with E-state index in [1.54, 1.807) is 0 Å². The topological polar surface area (TPSA) is 37.3 Å². The van der Waals surface area contributed by atoms with Crippen LogP contribution in [-0.2, 0) is 6.54 Å². The molecular formula is C22H33N3O. The van der Waals surface area contributed by atoms with E-state index in [9.17, 15) is 4.79 Å². The minimum absolute atomic E-state index is 0.0730. The average Bonchev–Trinajstić information content (AvgIpc) is 2.86. The van der Waals surface area contributed by atoms with Crippen molar-refractivity contribution in [1.82, 2.24) is 14.8 Å². The van der Waals surface area contributed by atoms with Gasteiger partial charge in [-0.1, -0.05) is 12.8 Å². The van der Waals surface area contributed by atoms with Gasteiger partial charge in [0.1, 0.15) is 0 Å². The quantitative estimate of drug-likeness (QED) is 0.876. The van der Waals surface area contributed by atoms with Crippen molar-refractivity contribution < 1.29 is 4.79 Å². The molecule has 1 aromatic carbocycles. The summed E-state index contributed by atoms with van der Waals surface area (Å²) in [4.78, 5) is 15.2. The number of benzene rings is 1. The van der Waals surface area contributed by atoms with Gasteiger partial charge in [-0.25, -0.2) is 0 Å². The lowest BCUT2D eigenvalue weighted by Gasteiger charge is -2.34. The molecule has 0 saturated heterocycles. The van der Waals surface area contributed by atoms with Crippen LogP contribution in [0.5, 0.6) is 0 Å². The first-order chi connectivity index (χ1) is 12.4. The number of carbonyl (C=O) groups is 1. The Bertz CT molecular complexity index is 790. The smallest absolute Gasteiger partial charge is 0.251 e. The predicted molar refractivity (Wildman–Crippen MR) is 109 cm³/mol. The van der Waals surface area contributed by atoms with Gasteiger partial charge in [-0.2, -0.15) is 0 Å². The summed E-state index contributed by atoms with van der Waals surface area (Å²) in [6.45, 7) is 8.48. The van der Waals surface area contributed by atoms with Crippen molar-refractivity contribution in [2.45, 2.75) is 59.0 Å². The normalized spacial score (nSPS) is 20.7. The van der Waals surface area contributed by atoms with Gasteiger partial charge in [0, 0.05) is 41.3 Å². The predicted octanol–water partition coefficient (Wildman–Crippen LogP) is 4.13. The first-order valence-corrected chi connectivity index (χ1v) is 9.97. The Hall–Kier alpha value is -1.81. The molecule has 1 N–H and O–H groups in total. The van der Waals surface area contributed by atoms with Crippen LogP contribution in [0.4, 0.5) is 0 Å². The van der Waals surface area contributed by atoms with Crippen molar-refractivity contribution in [3.63, 3.8) is 0 Å². The van der Waals surface area contributed by atoms with E-state index in [1.807, 2.05) is 6.07 Å². The Balaban J connectivity index is 1.82. The van der Waals surface area contributed by atoms with Gasteiger partial charge in [-0.05, 0) is 77.4 Å². The average molecular weight is 356 g/mol. The number of rotatable bonds is 5. The van der Waals surface area contributed by atoms with Crippen LogP contribution in [0.25, 0.3) is 10.9 Å². The number of nitrogens with zero attached hydrogens (tertiary/aromatic N) is 2. The Morgan fingerprint density at radius 1 is 1.23 bits per heavy atom. The van der Waals surface area contributed by atoms with Crippen LogP contribution in [0.2, 0.25) is 0 Å². The molecule has 142 valence electrons. The van der Waals surface area contributed by atoms with E-state index in [0.29, 0.717) is 5.92 Å². The van der Waals surface area contributed by atoms with E-state index in [2.05, 4.69) is 61.8 Å². The van der Waals surface area contributed by atoms with Crippen LogP contribution in [-0.4, -0.2) is 42.1 Å². The summed E-state index contributed by atoms with van der Waals surface area (Å²) in [6.07, 6.45) is 4.79. The van der Waals surface area contributed by atoms with E-state index >= 15 is 0 Å². The van der Waals surface area contributed by atoms with Crippen molar-refractivity contribution >= 4 is 16.8 Å². The second-order valence-corrected chi connectivity index (χ2v) is 8.07. The highest BCUT2D eigenvalue weighted by Gasteiger charge is 2.27. The summed E-state index contributed by atoms with van der Waals surface area (Å²) in [5, 5.41) is 4.54. The first-order valence-electron chi connectivity index (χ1n) is 9.97. The zero-order valence-corrected chi connectivity index (χ0v) is 16.9. The van der Waals surface area contributed by atoms with Gasteiger partial charge in [0.05, 0.1) is 0 Å². The Kier molecular flexibility index (Phi) is 5.71. The van der Waals surface area contributed by atoms with Crippen molar-refractivity contribution in [3.05, 3.63) is 35.0 Å². The number of nitrogens with one attached hydrogen (secondary N) is 1. The van der Waals surface area contributed by atoms with Gasteiger partial charge in [0.2, 0.25) is 0 Å². The monoisotopic (exact) mass is 355 g/mol. The van der Waals surface area contributed by atoms with E-state index in [0.717, 1.165) is 25.1 Å². The number of hydrogen-bond acceptors (Lipinski definition) is 2. The molecule has 4 heteroatoms. The van der Waals surface area contributed by atoms with Crippen molar-refractivity contribution in [2.24, 2.45) is 5.92 Å². The highest BCUT2D eigenvalue weighted by atomic mass is 16.1. The lowest BCUT2D eigenvalue weighted by molar-refractivity contribution is 0.0895. The van der Waals surface area contributed by atoms with Crippen LogP contribution in [0.3, 0.4) is 0 Å². The van der Waals surface area contributed by atoms with Crippen LogP contribution in [0, 0.1) is 19.8 Å². The van der Waals surface area contributed by atoms with Crippen molar-refractivity contribution in [2.75, 3.05) is 20.6 Å². The molecule has 1 fully saturated rings. The van der Waals surface area contributed by atoms with Gasteiger partial charge in [-0.3, -0.25) is 4.79 Å². The van der Waals surface area contributed by atoms with E-state index < -0.39 is 0 Å². The third-order valence-electron chi connectivity index (χ3n) is 6.04. The number of carbonyl (C=O) groups excluding carboxylic acids is 1. The minimum Gasteiger partial charge on any atom is -0.349 e. The van der Waals surface area contributed by atoms with Gasteiger partial charge in [-0.15, -0.1) is 0 Å². The zero-order chi connectivity index (χ0) is 18.8. The fourth-order valence-corrected chi connectivity index (χ4v) is 4.54. The Morgan fingerprint density at radius 2 is 1.96 bits per heavy atom. The molecule has 2 unspecified atom stereocenters. The fourth-order valence-electron chi connectivity index (χ4n) is 4.54. The number of aryl methyl sites for hydroxylation is 2. The van der Waals surface area contributed by atoms with E-state index in [4.69, 9.17) is 0 Å². The molecule has 1 heterocycles. The molecule has 1 aliphatic rings. The summed E-state index contributed by atoms with van der Waals surface area (Å²) < 4.78 is 2.32. The standard InChI is InChI=1S/C22H33N3O/c1-6-25-16(3)15(2)19-13-17(11-12-21(19)25)22(26)23-20-10-8-7-9-18(20)14-24(4)5/h11-13,18,20H,6-10,14H2,1-5H3,(H,23,26). The molecule has 0 spiro atoms. The molecule has 1 aliphatic carbocycles. The molecule has 2 aromatic rings. The summed E-state index contributed by atoms with van der Waals surface area (Å²) in [6, 6.07) is 6.44. The highest BCUT2D eigenvalue weighted by molar-refractivity contribution is 5.99. The molecule has 0 aliphatic heterocycles. The molecule has 2 atom stereocenters. The van der Waals surface area contributed by atoms with Crippen molar-refractivity contribution in [3.8, 4) is 0 Å². The fraction of sp³-hybridized carbons (Fsp3) is 0.591. The summed E-state index contributed by atoms with van der Waals surface area (Å²) in [5.41, 5.74) is 4.57. The maximum absolute atomic E-state index is 12.9. The van der Waals surface area contributed by atoms with Crippen LogP contribution >= 0.6 is 0 Å². The second-order valence-electron chi connectivity index (χ2n) is 8.07. The third kappa shape index (κ3) is 3.66. The summed E-state index contributed by atoms with van der Waals surface area (Å²) >= 11 is 0. The molecule has 1 aromatic heterocycles. The maximum Gasteiger partial charge on any atom is 0.251 e. The molecule has 3 rings (SSSR count). The Labute approximate surface area is 157 Å². The van der Waals surface area contributed by atoms with Gasteiger partial charge in [0.25, 0.3) is 5.91 Å². The van der Waals surface area contributed by atoms with Gasteiger partial charge in [0.15, 0.2) is 0 Å². The molecule has 1 saturated carbocycles. The highest BCUT2D eigenvalue weighted by Crippen LogP contribution is 2.28. The number of amides is 1. The van der Waals surface area contributed by atoms with Crippen LogP contribution in [0.15, 0.2) is 18.2 Å². The molecule has 0 bridgehead atoms. The van der Waals surface area contributed by atoms with Crippen molar-refractivity contribution in [1.29, 1.82) is 0 Å². The van der Waals surface area contributed by atoms with E-state index in [-0.39, 0.29) is 11.9 Å². The molecule has 4 nitrogen and oxygen atoms in total. The van der Waals surface area contributed by atoms with Crippen LogP contribution < -0.4 is 5.32 Å². The third-order valence-corrected chi connectivity index (χ3v) is 6.04. The van der Waals surface area contributed by atoms with E-state index in [1.165, 1.54) is 41.4 Å². The maximum atomic E-state index is 12.9. The number of hydrogen-bond donors (Lipinski definition) is 1. The molecule has 1 amide bonds. The largest absolute Gasteiger partial charge is 0.349 e. The number of aromatic nitrogens is 1. The lowest BCUT2D eigenvalue weighted by Crippen LogP contribution is -2.45. The summed E-state index contributed by atoms with van der Waals surface area (Å²) in [5.74, 6) is 0.625. The lowest BCUT2D eigenvalue weighted by atomic mass is 9.84.